The second-order valence-electron chi connectivity index (χ2n) is 5.42. The number of rotatable bonds is 4. The summed E-state index contributed by atoms with van der Waals surface area (Å²) in [6.45, 7) is 1.46. The maximum atomic E-state index is 11.5. The van der Waals surface area contributed by atoms with E-state index in [0.29, 0.717) is 5.56 Å². The number of phenols is 1. The molecule has 0 atom stereocenters. The highest BCUT2D eigenvalue weighted by Gasteiger charge is 2.25. The molecule has 0 saturated heterocycles. The summed E-state index contributed by atoms with van der Waals surface area (Å²) in [7, 11) is -4.00. The first-order chi connectivity index (χ1) is 9.80. The summed E-state index contributed by atoms with van der Waals surface area (Å²) in [5.41, 5.74) is 1.34. The van der Waals surface area contributed by atoms with Crippen molar-refractivity contribution < 1.29 is 18.3 Å². The van der Waals surface area contributed by atoms with Crippen molar-refractivity contribution in [2.24, 2.45) is 5.14 Å². The lowest BCUT2D eigenvalue weighted by Crippen LogP contribution is -2.21. The standard InChI is InChI=1S/C14H20N2O4S/c1-9(17)16-8-12-11(10-4-2-3-5-10)6-7-13(14(12)18)21(15,19)20/h6-7,10,18H,2-5,8H2,1H3,(H,16,17)(H2,15,19,20). The molecule has 0 aliphatic heterocycles. The summed E-state index contributed by atoms with van der Waals surface area (Å²) in [4.78, 5) is 10.8. The molecular weight excluding hydrogens is 292 g/mol. The van der Waals surface area contributed by atoms with Crippen LogP contribution in [0, 0.1) is 0 Å². The van der Waals surface area contributed by atoms with Crippen molar-refractivity contribution in [2.45, 2.75) is 50.0 Å². The lowest BCUT2D eigenvalue weighted by Gasteiger charge is -2.18. The Morgan fingerprint density at radius 3 is 2.52 bits per heavy atom. The fourth-order valence-corrected chi connectivity index (χ4v) is 3.53. The third-order valence-corrected chi connectivity index (χ3v) is 4.84. The Hall–Kier alpha value is -1.60. The minimum atomic E-state index is -4.00. The molecule has 0 aromatic heterocycles. The molecule has 0 heterocycles. The summed E-state index contributed by atoms with van der Waals surface area (Å²) in [5.74, 6) is -0.308. The quantitative estimate of drug-likeness (QED) is 0.779. The maximum Gasteiger partial charge on any atom is 0.241 e. The number of aromatic hydroxyl groups is 1. The van der Waals surface area contributed by atoms with Crippen LogP contribution >= 0.6 is 0 Å². The third kappa shape index (κ3) is 3.54. The number of carbonyl (C=O) groups excluding carboxylic acids is 1. The van der Waals surface area contributed by atoms with Gasteiger partial charge in [0.1, 0.15) is 10.6 Å². The van der Waals surface area contributed by atoms with Crippen molar-refractivity contribution in [2.75, 3.05) is 0 Å². The van der Waals surface area contributed by atoms with E-state index in [1.54, 1.807) is 6.07 Å². The molecule has 4 N–H and O–H groups in total. The lowest BCUT2D eigenvalue weighted by atomic mass is 9.92. The zero-order chi connectivity index (χ0) is 15.6. The molecule has 1 aliphatic carbocycles. The second kappa shape index (κ2) is 6.03. The average molecular weight is 312 g/mol. The molecule has 1 aromatic rings. The van der Waals surface area contributed by atoms with E-state index >= 15 is 0 Å². The van der Waals surface area contributed by atoms with Crippen molar-refractivity contribution >= 4 is 15.9 Å². The lowest BCUT2D eigenvalue weighted by molar-refractivity contribution is -0.119. The molecule has 0 radical (unpaired) electrons. The first-order valence-corrected chi connectivity index (χ1v) is 8.47. The van der Waals surface area contributed by atoms with Gasteiger partial charge in [-0.15, -0.1) is 0 Å². The van der Waals surface area contributed by atoms with Crippen molar-refractivity contribution in [3.8, 4) is 5.75 Å². The summed E-state index contributed by atoms with van der Waals surface area (Å²) in [6, 6.07) is 3.04. The molecule has 0 unspecified atom stereocenters. The number of amides is 1. The van der Waals surface area contributed by atoms with Crippen LogP contribution in [0.1, 0.15) is 49.7 Å². The van der Waals surface area contributed by atoms with Crippen LogP contribution in [0.3, 0.4) is 0 Å². The number of hydrogen-bond donors (Lipinski definition) is 3. The van der Waals surface area contributed by atoms with Gasteiger partial charge in [-0.2, -0.15) is 0 Å². The van der Waals surface area contributed by atoms with E-state index in [1.807, 2.05) is 0 Å². The number of phenolic OH excluding ortho intramolecular Hbond substituents is 1. The van der Waals surface area contributed by atoms with Gasteiger partial charge in [0.25, 0.3) is 0 Å². The number of sulfonamides is 1. The molecule has 1 aromatic carbocycles. The molecule has 0 bridgehead atoms. The smallest absolute Gasteiger partial charge is 0.241 e. The van der Waals surface area contributed by atoms with Crippen LogP contribution in [-0.2, 0) is 21.4 Å². The maximum absolute atomic E-state index is 11.5. The van der Waals surface area contributed by atoms with Gasteiger partial charge in [0.05, 0.1) is 0 Å². The van der Waals surface area contributed by atoms with Crippen LogP contribution in [0.25, 0.3) is 0 Å². The normalized spacial score (nSPS) is 16.1. The molecule has 1 fully saturated rings. The fraction of sp³-hybridized carbons (Fsp3) is 0.500. The summed E-state index contributed by atoms with van der Waals surface area (Å²) in [5, 5.41) is 18.0. The predicted octanol–water partition coefficient (Wildman–Crippen LogP) is 1.33. The average Bonchev–Trinajstić information content (AvgIpc) is 2.88. The molecule has 1 amide bonds. The second-order valence-corrected chi connectivity index (χ2v) is 6.95. The first-order valence-electron chi connectivity index (χ1n) is 6.92. The molecule has 21 heavy (non-hydrogen) atoms. The van der Waals surface area contributed by atoms with Crippen molar-refractivity contribution in [1.82, 2.24) is 5.32 Å². The van der Waals surface area contributed by atoms with Crippen LogP contribution < -0.4 is 10.5 Å². The highest BCUT2D eigenvalue weighted by Crippen LogP contribution is 2.40. The van der Waals surface area contributed by atoms with Crippen LogP contribution in [-0.4, -0.2) is 19.4 Å². The number of nitrogens with one attached hydrogen (secondary N) is 1. The predicted molar refractivity (Wildman–Crippen MR) is 78.2 cm³/mol. The zero-order valence-corrected chi connectivity index (χ0v) is 12.7. The molecule has 7 heteroatoms. The Kier molecular flexibility index (Phi) is 4.53. The Morgan fingerprint density at radius 1 is 1.38 bits per heavy atom. The zero-order valence-electron chi connectivity index (χ0n) is 11.9. The van der Waals surface area contributed by atoms with Gasteiger partial charge in [0.15, 0.2) is 0 Å². The monoisotopic (exact) mass is 312 g/mol. The van der Waals surface area contributed by atoms with Gasteiger partial charge in [0, 0.05) is 19.0 Å². The van der Waals surface area contributed by atoms with Crippen LogP contribution in [0.4, 0.5) is 0 Å². The molecule has 6 nitrogen and oxygen atoms in total. The Morgan fingerprint density at radius 2 is 2.00 bits per heavy atom. The molecule has 1 aliphatic rings. The highest BCUT2D eigenvalue weighted by atomic mass is 32.2. The molecule has 1 saturated carbocycles. The summed E-state index contributed by atoms with van der Waals surface area (Å²) < 4.78 is 23.0. The highest BCUT2D eigenvalue weighted by molar-refractivity contribution is 7.89. The van der Waals surface area contributed by atoms with Crippen molar-refractivity contribution in [3.63, 3.8) is 0 Å². The minimum absolute atomic E-state index is 0.0936. The van der Waals surface area contributed by atoms with E-state index in [4.69, 9.17) is 5.14 Å². The number of carbonyl (C=O) groups is 1. The Balaban J connectivity index is 2.49. The van der Waals surface area contributed by atoms with E-state index in [-0.39, 0.29) is 29.0 Å². The fourth-order valence-electron chi connectivity index (χ4n) is 2.88. The van der Waals surface area contributed by atoms with E-state index in [9.17, 15) is 18.3 Å². The van der Waals surface area contributed by atoms with E-state index in [2.05, 4.69) is 5.32 Å². The van der Waals surface area contributed by atoms with Crippen molar-refractivity contribution in [1.29, 1.82) is 0 Å². The number of primary sulfonamides is 1. The van der Waals surface area contributed by atoms with Gasteiger partial charge < -0.3 is 10.4 Å². The van der Waals surface area contributed by atoms with Gasteiger partial charge in [-0.1, -0.05) is 18.9 Å². The Bertz CT molecular complexity index is 649. The van der Waals surface area contributed by atoms with E-state index in [1.165, 1.54) is 13.0 Å². The van der Waals surface area contributed by atoms with Crippen LogP contribution in [0.15, 0.2) is 17.0 Å². The molecule has 2 rings (SSSR count). The SMILES string of the molecule is CC(=O)NCc1c(C2CCCC2)ccc(S(N)(=O)=O)c1O. The van der Waals surface area contributed by atoms with E-state index < -0.39 is 10.0 Å². The van der Waals surface area contributed by atoms with Gasteiger partial charge >= 0.3 is 0 Å². The van der Waals surface area contributed by atoms with Gasteiger partial charge in [-0.05, 0) is 30.4 Å². The summed E-state index contributed by atoms with van der Waals surface area (Å²) >= 11 is 0. The molecule has 0 spiro atoms. The van der Waals surface area contributed by atoms with Crippen LogP contribution in [0.2, 0.25) is 0 Å². The number of hydrogen-bond acceptors (Lipinski definition) is 4. The molecule has 116 valence electrons. The van der Waals surface area contributed by atoms with E-state index in [0.717, 1.165) is 31.2 Å². The topological polar surface area (TPSA) is 109 Å². The molecular formula is C14H20N2O4S. The van der Waals surface area contributed by atoms with Gasteiger partial charge in [-0.3, -0.25) is 4.79 Å². The largest absolute Gasteiger partial charge is 0.506 e. The van der Waals surface area contributed by atoms with Gasteiger partial charge in [-0.25, -0.2) is 13.6 Å². The summed E-state index contributed by atoms with van der Waals surface area (Å²) in [6.07, 6.45) is 4.23. The third-order valence-electron chi connectivity index (χ3n) is 3.90. The van der Waals surface area contributed by atoms with Gasteiger partial charge in [0.2, 0.25) is 15.9 Å². The first kappa shape index (κ1) is 15.8. The minimum Gasteiger partial charge on any atom is -0.506 e. The number of benzene rings is 1. The van der Waals surface area contributed by atoms with Crippen LogP contribution in [0.5, 0.6) is 5.75 Å². The van der Waals surface area contributed by atoms with Crippen molar-refractivity contribution in [3.05, 3.63) is 23.3 Å². The number of nitrogens with two attached hydrogens (primary N) is 1. The Labute approximate surface area is 124 Å².